The van der Waals surface area contributed by atoms with Gasteiger partial charge in [0.25, 0.3) is 0 Å². The minimum atomic E-state index is -0.999. The minimum Gasteiger partial charge on any atom is -0.478 e. The zero-order chi connectivity index (χ0) is 15.7. The second kappa shape index (κ2) is 8.42. The first-order chi connectivity index (χ1) is 10.0. The van der Waals surface area contributed by atoms with Crippen molar-refractivity contribution in [3.05, 3.63) is 66.5 Å². The topological polar surface area (TPSA) is 65.3 Å². The molecule has 0 spiro atoms. The molecular weight excluding hydrogens is 273 g/mol. The standard InChI is InChI=1S/C15H16FN3O2/c1-3-13(16)8-4-5-10-17-18-19(2)14-9-6-7-12(11-14)15(20)21/h3-9,11H,1,10H2,2H3,(H,20,21)/b5-4+,13-8+,18-17?. The van der Waals surface area contributed by atoms with Crippen LogP contribution in [0.25, 0.3) is 0 Å². The average Bonchev–Trinajstić information content (AvgIpc) is 2.50. The first kappa shape index (κ1) is 16.3. The highest BCUT2D eigenvalue weighted by Gasteiger charge is 2.05. The van der Waals surface area contributed by atoms with Crippen molar-refractivity contribution in [3.8, 4) is 0 Å². The third-order valence-electron chi connectivity index (χ3n) is 2.44. The lowest BCUT2D eigenvalue weighted by molar-refractivity contribution is 0.0697. The van der Waals surface area contributed by atoms with Crippen molar-refractivity contribution in [1.29, 1.82) is 0 Å². The maximum Gasteiger partial charge on any atom is 0.335 e. The van der Waals surface area contributed by atoms with E-state index in [9.17, 15) is 9.18 Å². The van der Waals surface area contributed by atoms with Gasteiger partial charge in [-0.2, -0.15) is 5.11 Å². The lowest BCUT2D eigenvalue weighted by atomic mass is 10.2. The molecule has 0 radical (unpaired) electrons. The van der Waals surface area contributed by atoms with E-state index in [4.69, 9.17) is 5.11 Å². The van der Waals surface area contributed by atoms with Crippen molar-refractivity contribution >= 4 is 11.7 Å². The quantitative estimate of drug-likeness (QED) is 0.472. The molecule has 0 aliphatic heterocycles. The fraction of sp³-hybridized carbons (Fsp3) is 0.133. The number of aromatic carboxylic acids is 1. The summed E-state index contributed by atoms with van der Waals surface area (Å²) in [6.45, 7) is 3.57. The Morgan fingerprint density at radius 1 is 1.52 bits per heavy atom. The van der Waals surface area contributed by atoms with Crippen molar-refractivity contribution < 1.29 is 14.3 Å². The molecule has 1 rings (SSSR count). The number of carboxylic acids is 1. The summed E-state index contributed by atoms with van der Waals surface area (Å²) in [7, 11) is 1.66. The minimum absolute atomic E-state index is 0.180. The van der Waals surface area contributed by atoms with Crippen LogP contribution in [0.1, 0.15) is 10.4 Å². The molecule has 0 fully saturated rings. The van der Waals surface area contributed by atoms with Gasteiger partial charge in [-0.15, -0.1) is 0 Å². The summed E-state index contributed by atoms with van der Waals surface area (Å²) < 4.78 is 12.7. The van der Waals surface area contributed by atoms with Crippen LogP contribution in [0.5, 0.6) is 0 Å². The molecule has 6 heteroatoms. The van der Waals surface area contributed by atoms with Crippen LogP contribution in [0.2, 0.25) is 0 Å². The molecule has 110 valence electrons. The third kappa shape index (κ3) is 5.82. The van der Waals surface area contributed by atoms with E-state index in [-0.39, 0.29) is 12.1 Å². The zero-order valence-electron chi connectivity index (χ0n) is 11.6. The summed E-state index contributed by atoms with van der Waals surface area (Å²) in [4.78, 5) is 10.9. The molecule has 0 aliphatic rings. The summed E-state index contributed by atoms with van der Waals surface area (Å²) in [6.07, 6.45) is 5.52. The molecule has 0 atom stereocenters. The van der Waals surface area contributed by atoms with Crippen LogP contribution < -0.4 is 5.01 Å². The first-order valence-corrected chi connectivity index (χ1v) is 6.14. The molecule has 1 aromatic rings. The molecule has 0 aromatic heterocycles. The SMILES string of the molecule is C=C/C(F)=C\C=C\CN=NN(C)c1cccc(C(=O)O)c1. The number of rotatable bonds is 7. The second-order valence-corrected chi connectivity index (χ2v) is 3.98. The molecule has 0 saturated heterocycles. The number of anilines is 1. The number of carboxylic acid groups (broad SMARTS) is 1. The van der Waals surface area contributed by atoms with Gasteiger partial charge in [-0.3, -0.25) is 5.01 Å². The predicted octanol–water partition coefficient (Wildman–Crippen LogP) is 3.78. The van der Waals surface area contributed by atoms with Crippen LogP contribution in [-0.2, 0) is 0 Å². The van der Waals surface area contributed by atoms with E-state index in [2.05, 4.69) is 16.9 Å². The Morgan fingerprint density at radius 3 is 2.95 bits per heavy atom. The maximum atomic E-state index is 12.7. The van der Waals surface area contributed by atoms with Gasteiger partial charge in [0.05, 0.1) is 17.8 Å². The number of hydrogen-bond donors (Lipinski definition) is 1. The molecule has 0 aliphatic carbocycles. The van der Waals surface area contributed by atoms with E-state index in [1.165, 1.54) is 29.3 Å². The molecule has 5 nitrogen and oxygen atoms in total. The number of halogens is 1. The lowest BCUT2D eigenvalue weighted by Crippen LogP contribution is -2.08. The summed E-state index contributed by atoms with van der Waals surface area (Å²) in [6, 6.07) is 6.36. The normalized spacial score (nSPS) is 12.0. The zero-order valence-corrected chi connectivity index (χ0v) is 11.6. The van der Waals surface area contributed by atoms with Crippen molar-refractivity contribution in [2.24, 2.45) is 10.3 Å². The van der Waals surface area contributed by atoms with E-state index in [0.29, 0.717) is 5.69 Å². The number of carbonyl (C=O) groups is 1. The summed E-state index contributed by atoms with van der Waals surface area (Å²) in [5.41, 5.74) is 0.791. The van der Waals surface area contributed by atoms with E-state index >= 15 is 0 Å². The van der Waals surface area contributed by atoms with Crippen LogP contribution >= 0.6 is 0 Å². The van der Waals surface area contributed by atoms with Gasteiger partial charge in [-0.25, -0.2) is 9.18 Å². The molecular formula is C15H16FN3O2. The van der Waals surface area contributed by atoms with Gasteiger partial charge in [0.15, 0.2) is 0 Å². The smallest absolute Gasteiger partial charge is 0.335 e. The van der Waals surface area contributed by atoms with Gasteiger partial charge in [0.1, 0.15) is 5.83 Å². The van der Waals surface area contributed by atoms with E-state index in [1.54, 1.807) is 25.3 Å². The second-order valence-electron chi connectivity index (χ2n) is 3.98. The molecule has 1 aromatic carbocycles. The van der Waals surface area contributed by atoms with Crippen molar-refractivity contribution in [3.63, 3.8) is 0 Å². The Bertz CT molecular complexity index is 594. The molecule has 0 saturated carbocycles. The predicted molar refractivity (Wildman–Crippen MR) is 80.1 cm³/mol. The Hall–Kier alpha value is -2.76. The molecule has 0 amide bonds. The van der Waals surface area contributed by atoms with Crippen LogP contribution in [0.4, 0.5) is 10.1 Å². The fourth-order valence-corrected chi connectivity index (χ4v) is 1.36. The van der Waals surface area contributed by atoms with Gasteiger partial charge in [0, 0.05) is 7.05 Å². The van der Waals surface area contributed by atoms with Crippen LogP contribution in [-0.4, -0.2) is 24.7 Å². The molecule has 21 heavy (non-hydrogen) atoms. The van der Waals surface area contributed by atoms with Crippen LogP contribution in [0.15, 0.2) is 71.3 Å². The van der Waals surface area contributed by atoms with Crippen molar-refractivity contribution in [2.45, 2.75) is 0 Å². The fourth-order valence-electron chi connectivity index (χ4n) is 1.36. The van der Waals surface area contributed by atoms with Gasteiger partial charge in [-0.1, -0.05) is 30.0 Å². The highest BCUT2D eigenvalue weighted by atomic mass is 19.1. The number of allylic oxidation sites excluding steroid dienone is 4. The summed E-state index contributed by atoms with van der Waals surface area (Å²) in [5.74, 6) is -1.42. The lowest BCUT2D eigenvalue weighted by Gasteiger charge is -2.11. The molecule has 0 unspecified atom stereocenters. The maximum absolute atomic E-state index is 12.7. The van der Waals surface area contributed by atoms with Gasteiger partial charge in [-0.05, 0) is 30.4 Å². The van der Waals surface area contributed by atoms with Gasteiger partial charge >= 0.3 is 5.97 Å². The van der Waals surface area contributed by atoms with Crippen molar-refractivity contribution in [2.75, 3.05) is 18.6 Å². The monoisotopic (exact) mass is 289 g/mol. The Balaban J connectivity index is 2.58. The first-order valence-electron chi connectivity index (χ1n) is 6.14. The average molecular weight is 289 g/mol. The van der Waals surface area contributed by atoms with Crippen LogP contribution in [0, 0.1) is 0 Å². The third-order valence-corrected chi connectivity index (χ3v) is 2.44. The highest BCUT2D eigenvalue weighted by molar-refractivity contribution is 5.88. The molecule has 0 bridgehead atoms. The Morgan fingerprint density at radius 2 is 2.29 bits per heavy atom. The van der Waals surface area contributed by atoms with Crippen LogP contribution in [0.3, 0.4) is 0 Å². The van der Waals surface area contributed by atoms with E-state index in [1.807, 2.05) is 0 Å². The Kier molecular flexibility index (Phi) is 6.53. The summed E-state index contributed by atoms with van der Waals surface area (Å²) in [5, 5.41) is 18.2. The summed E-state index contributed by atoms with van der Waals surface area (Å²) >= 11 is 0. The highest BCUT2D eigenvalue weighted by Crippen LogP contribution is 2.15. The Labute approximate surface area is 122 Å². The van der Waals surface area contributed by atoms with E-state index < -0.39 is 11.8 Å². The number of hydrogen-bond acceptors (Lipinski definition) is 3. The number of benzene rings is 1. The molecule has 1 N–H and O–H groups in total. The number of nitrogens with zero attached hydrogens (tertiary/aromatic N) is 3. The van der Waals surface area contributed by atoms with E-state index in [0.717, 1.165) is 6.08 Å². The van der Waals surface area contributed by atoms with Gasteiger partial charge < -0.3 is 5.11 Å². The van der Waals surface area contributed by atoms with Gasteiger partial charge in [0.2, 0.25) is 0 Å². The molecule has 0 heterocycles. The largest absolute Gasteiger partial charge is 0.478 e. The van der Waals surface area contributed by atoms with Crippen molar-refractivity contribution in [1.82, 2.24) is 0 Å².